The second kappa shape index (κ2) is 3.53. The first-order valence-corrected chi connectivity index (χ1v) is 5.23. The van der Waals surface area contributed by atoms with Crippen LogP contribution in [-0.2, 0) is 10.0 Å². The minimum Gasteiger partial charge on any atom is -0.497 e. The third-order valence-electron chi connectivity index (χ3n) is 1.41. The molecule has 0 heterocycles. The fraction of sp³-hybridized carbons (Fsp3) is 0.143. The first-order valence-electron chi connectivity index (χ1n) is 3.31. The van der Waals surface area contributed by atoms with Gasteiger partial charge in [-0.25, -0.2) is 13.6 Å². The standard InChI is InChI=1S/C7H8ClNO3S/c1-12-6-2-5(8)3-7(4-6)13(9,10)11/h2-4H,1H3,(H2,9,10,11). The van der Waals surface area contributed by atoms with Crippen molar-refractivity contribution in [2.24, 2.45) is 5.14 Å². The van der Waals surface area contributed by atoms with E-state index in [-0.39, 0.29) is 9.92 Å². The fourth-order valence-corrected chi connectivity index (χ4v) is 1.68. The maximum absolute atomic E-state index is 10.9. The van der Waals surface area contributed by atoms with Crippen molar-refractivity contribution in [1.82, 2.24) is 0 Å². The van der Waals surface area contributed by atoms with E-state index in [1.54, 1.807) is 0 Å². The summed E-state index contributed by atoms with van der Waals surface area (Å²) in [5.74, 6) is 0.358. The highest BCUT2D eigenvalue weighted by molar-refractivity contribution is 7.89. The molecular weight excluding hydrogens is 214 g/mol. The lowest BCUT2D eigenvalue weighted by Crippen LogP contribution is -2.12. The minimum atomic E-state index is -3.72. The third-order valence-corrected chi connectivity index (χ3v) is 2.52. The molecule has 0 spiro atoms. The van der Waals surface area contributed by atoms with E-state index < -0.39 is 10.0 Å². The molecule has 0 aromatic heterocycles. The van der Waals surface area contributed by atoms with Crippen LogP contribution in [0, 0.1) is 0 Å². The quantitative estimate of drug-likeness (QED) is 0.810. The van der Waals surface area contributed by atoms with Crippen molar-refractivity contribution in [1.29, 1.82) is 0 Å². The number of hydrogen-bond donors (Lipinski definition) is 1. The monoisotopic (exact) mass is 221 g/mol. The molecule has 0 aliphatic heterocycles. The van der Waals surface area contributed by atoms with Crippen LogP contribution in [0.5, 0.6) is 5.75 Å². The number of benzene rings is 1. The Kier molecular flexibility index (Phi) is 2.80. The fourth-order valence-electron chi connectivity index (χ4n) is 0.819. The van der Waals surface area contributed by atoms with E-state index in [9.17, 15) is 8.42 Å². The topological polar surface area (TPSA) is 69.4 Å². The molecule has 1 aromatic rings. The number of halogens is 1. The van der Waals surface area contributed by atoms with Crippen molar-refractivity contribution in [3.05, 3.63) is 23.2 Å². The summed E-state index contributed by atoms with van der Waals surface area (Å²) in [4.78, 5) is -0.0585. The molecule has 0 fully saturated rings. The maximum atomic E-state index is 10.9. The zero-order chi connectivity index (χ0) is 10.1. The first-order chi connectivity index (χ1) is 5.93. The molecule has 13 heavy (non-hydrogen) atoms. The molecule has 0 atom stereocenters. The van der Waals surface area contributed by atoms with Crippen molar-refractivity contribution in [3.63, 3.8) is 0 Å². The summed E-state index contributed by atoms with van der Waals surface area (Å²) in [6.45, 7) is 0. The molecule has 0 bridgehead atoms. The van der Waals surface area contributed by atoms with Crippen LogP contribution >= 0.6 is 11.6 Å². The minimum absolute atomic E-state index is 0.0585. The van der Waals surface area contributed by atoms with E-state index >= 15 is 0 Å². The van der Waals surface area contributed by atoms with E-state index in [4.69, 9.17) is 21.5 Å². The molecule has 1 aromatic carbocycles. The van der Waals surface area contributed by atoms with Crippen molar-refractivity contribution in [3.8, 4) is 5.75 Å². The summed E-state index contributed by atoms with van der Waals surface area (Å²) in [5.41, 5.74) is 0. The smallest absolute Gasteiger partial charge is 0.238 e. The average Bonchev–Trinajstić information content (AvgIpc) is 2.01. The van der Waals surface area contributed by atoms with Crippen LogP contribution in [0.15, 0.2) is 23.1 Å². The van der Waals surface area contributed by atoms with Crippen LogP contribution < -0.4 is 9.88 Å². The van der Waals surface area contributed by atoms with Crippen LogP contribution in [-0.4, -0.2) is 15.5 Å². The molecule has 0 aliphatic rings. The van der Waals surface area contributed by atoms with Gasteiger partial charge < -0.3 is 4.74 Å². The summed E-state index contributed by atoms with van der Waals surface area (Å²) in [6.07, 6.45) is 0. The predicted octanol–water partition coefficient (Wildman–Crippen LogP) is 0.996. The Labute approximate surface area is 81.3 Å². The molecule has 6 heteroatoms. The summed E-state index contributed by atoms with van der Waals surface area (Å²) >= 11 is 5.63. The number of ether oxygens (including phenoxy) is 1. The Balaban J connectivity index is 3.33. The number of methoxy groups -OCH3 is 1. The number of rotatable bonds is 2. The second-order valence-electron chi connectivity index (χ2n) is 2.37. The van der Waals surface area contributed by atoms with E-state index in [2.05, 4.69) is 0 Å². The van der Waals surface area contributed by atoms with Gasteiger partial charge >= 0.3 is 0 Å². The second-order valence-corrected chi connectivity index (χ2v) is 4.37. The van der Waals surface area contributed by atoms with Crippen molar-refractivity contribution >= 4 is 21.6 Å². The molecule has 0 unspecified atom stereocenters. The van der Waals surface area contributed by atoms with Gasteiger partial charge in [-0.2, -0.15) is 0 Å². The van der Waals surface area contributed by atoms with Crippen LogP contribution in [0.4, 0.5) is 0 Å². The van der Waals surface area contributed by atoms with Crippen LogP contribution in [0.25, 0.3) is 0 Å². The Hall–Kier alpha value is -0.780. The molecule has 72 valence electrons. The van der Waals surface area contributed by atoms with E-state index in [0.717, 1.165) is 0 Å². The number of primary sulfonamides is 1. The lowest BCUT2D eigenvalue weighted by molar-refractivity contribution is 0.413. The lowest BCUT2D eigenvalue weighted by atomic mass is 10.3. The highest BCUT2D eigenvalue weighted by atomic mass is 35.5. The zero-order valence-electron chi connectivity index (χ0n) is 6.82. The van der Waals surface area contributed by atoms with E-state index in [1.807, 2.05) is 0 Å². The van der Waals surface area contributed by atoms with Crippen molar-refractivity contribution in [2.75, 3.05) is 7.11 Å². The molecule has 0 amide bonds. The molecule has 0 aliphatic carbocycles. The van der Waals surface area contributed by atoms with E-state index in [0.29, 0.717) is 5.75 Å². The molecule has 1 rings (SSSR count). The Morgan fingerprint density at radius 3 is 2.46 bits per heavy atom. The SMILES string of the molecule is COc1cc(Cl)cc(S(N)(=O)=O)c1. The summed E-state index contributed by atoms with van der Waals surface area (Å²) < 4.78 is 26.7. The molecule has 2 N–H and O–H groups in total. The molecule has 4 nitrogen and oxygen atoms in total. The van der Waals surface area contributed by atoms with Gasteiger partial charge in [-0.1, -0.05) is 11.6 Å². The van der Waals surface area contributed by atoms with Gasteiger partial charge in [0.05, 0.1) is 12.0 Å². The molecular formula is C7H8ClNO3S. The maximum Gasteiger partial charge on any atom is 0.238 e. The zero-order valence-corrected chi connectivity index (χ0v) is 8.39. The Morgan fingerprint density at radius 2 is 2.00 bits per heavy atom. The summed E-state index contributed by atoms with van der Waals surface area (Å²) in [5, 5.41) is 5.17. The van der Waals surface area contributed by atoms with Gasteiger partial charge in [0.25, 0.3) is 0 Å². The van der Waals surface area contributed by atoms with Crippen LogP contribution in [0.3, 0.4) is 0 Å². The van der Waals surface area contributed by atoms with Crippen LogP contribution in [0.1, 0.15) is 0 Å². The highest BCUT2D eigenvalue weighted by Gasteiger charge is 2.10. The van der Waals surface area contributed by atoms with Crippen molar-refractivity contribution < 1.29 is 13.2 Å². The van der Waals surface area contributed by atoms with Gasteiger partial charge in [0, 0.05) is 11.1 Å². The van der Waals surface area contributed by atoms with Gasteiger partial charge in [0.15, 0.2) is 0 Å². The lowest BCUT2D eigenvalue weighted by Gasteiger charge is -2.03. The van der Waals surface area contributed by atoms with Gasteiger partial charge in [-0.05, 0) is 12.1 Å². The predicted molar refractivity (Wildman–Crippen MR) is 49.4 cm³/mol. The van der Waals surface area contributed by atoms with E-state index in [1.165, 1.54) is 25.3 Å². The number of hydrogen-bond acceptors (Lipinski definition) is 3. The molecule has 0 radical (unpaired) electrons. The third kappa shape index (κ3) is 2.58. The van der Waals surface area contributed by atoms with Gasteiger partial charge in [-0.15, -0.1) is 0 Å². The van der Waals surface area contributed by atoms with Gasteiger partial charge in [-0.3, -0.25) is 0 Å². The largest absolute Gasteiger partial charge is 0.497 e. The normalized spacial score (nSPS) is 11.3. The van der Waals surface area contributed by atoms with Crippen molar-refractivity contribution in [2.45, 2.75) is 4.90 Å². The number of nitrogens with two attached hydrogens (primary N) is 1. The molecule has 0 saturated carbocycles. The van der Waals surface area contributed by atoms with Gasteiger partial charge in [0.2, 0.25) is 10.0 Å². The average molecular weight is 222 g/mol. The summed E-state index contributed by atoms with van der Waals surface area (Å²) in [6, 6.07) is 4.07. The van der Waals surface area contributed by atoms with Gasteiger partial charge in [0.1, 0.15) is 5.75 Å². The number of sulfonamides is 1. The Morgan fingerprint density at radius 1 is 1.38 bits per heavy atom. The first kappa shape index (κ1) is 10.3. The highest BCUT2D eigenvalue weighted by Crippen LogP contribution is 2.22. The Bertz CT molecular complexity index is 416. The van der Waals surface area contributed by atoms with Crippen LogP contribution in [0.2, 0.25) is 5.02 Å². The molecule has 0 saturated heterocycles. The summed E-state index contributed by atoms with van der Waals surface area (Å²) in [7, 11) is -2.31.